The van der Waals surface area contributed by atoms with Crippen molar-refractivity contribution in [2.24, 2.45) is 4.99 Å². The van der Waals surface area contributed by atoms with Crippen molar-refractivity contribution in [3.63, 3.8) is 0 Å². The minimum absolute atomic E-state index is 0.714. The fourth-order valence-electron chi connectivity index (χ4n) is 2.30. The number of fused-ring (bicyclic) bond motifs is 1. The maximum atomic E-state index is 5.91. The van der Waals surface area contributed by atoms with Crippen molar-refractivity contribution in [2.75, 3.05) is 13.2 Å². The molecule has 0 aromatic heterocycles. The molecular weight excluding hydrogens is 262 g/mol. The largest absolute Gasteiger partial charge is 0.490 e. The van der Waals surface area contributed by atoms with Gasteiger partial charge in [-0.1, -0.05) is 33.3 Å². The number of nitrogens with zero attached hydrogens (tertiary/aromatic N) is 1. The molecule has 0 atom stereocenters. The highest BCUT2D eigenvalue weighted by Crippen LogP contribution is 2.37. The molecule has 0 amide bonds. The van der Waals surface area contributed by atoms with Crippen LogP contribution in [0.15, 0.2) is 23.7 Å². The fraction of sp³-hybridized carbons (Fsp3) is 0.500. The Labute approximate surface area is 127 Å². The molecule has 3 nitrogen and oxygen atoms in total. The van der Waals surface area contributed by atoms with Crippen LogP contribution >= 0.6 is 0 Å². The molecule has 1 aromatic carbocycles. The second kappa shape index (κ2) is 7.30. The van der Waals surface area contributed by atoms with Crippen molar-refractivity contribution in [1.29, 1.82) is 0 Å². The van der Waals surface area contributed by atoms with E-state index >= 15 is 0 Å². The van der Waals surface area contributed by atoms with Gasteiger partial charge in [-0.2, -0.15) is 0 Å². The van der Waals surface area contributed by atoms with Crippen LogP contribution in [0.5, 0.6) is 11.5 Å². The van der Waals surface area contributed by atoms with Gasteiger partial charge in [0.25, 0.3) is 0 Å². The second-order valence-corrected chi connectivity index (χ2v) is 5.39. The number of hydrogen-bond acceptors (Lipinski definition) is 3. The molecule has 0 spiro atoms. The van der Waals surface area contributed by atoms with Crippen LogP contribution in [0.2, 0.25) is 0 Å². The Balaban J connectivity index is 2.24. The molecule has 3 heteroatoms. The first-order valence-electron chi connectivity index (χ1n) is 7.86. The minimum atomic E-state index is 0.714. The summed E-state index contributed by atoms with van der Waals surface area (Å²) in [5.74, 6) is 1.63. The molecule has 1 heterocycles. The highest BCUT2D eigenvalue weighted by molar-refractivity contribution is 6.10. The molecule has 0 bridgehead atoms. The van der Waals surface area contributed by atoms with Gasteiger partial charge in [-0.3, -0.25) is 4.99 Å². The summed E-state index contributed by atoms with van der Waals surface area (Å²) < 4.78 is 11.8. The molecule has 2 rings (SSSR count). The predicted octanol–water partition coefficient (Wildman–Crippen LogP) is 4.84. The maximum Gasteiger partial charge on any atom is 0.161 e. The summed E-state index contributed by atoms with van der Waals surface area (Å²) in [6.07, 6.45) is 4.33. The van der Waals surface area contributed by atoms with E-state index in [2.05, 4.69) is 25.4 Å². The van der Waals surface area contributed by atoms with Gasteiger partial charge >= 0.3 is 0 Å². The zero-order valence-corrected chi connectivity index (χ0v) is 13.4. The summed E-state index contributed by atoms with van der Waals surface area (Å²) in [5.41, 5.74) is 3.97. The number of ether oxygens (including phenoxy) is 2. The Kier molecular flexibility index (Phi) is 5.43. The van der Waals surface area contributed by atoms with Gasteiger partial charge in [0, 0.05) is 16.8 Å². The summed E-state index contributed by atoms with van der Waals surface area (Å²) in [5, 5.41) is 0. The first-order valence-corrected chi connectivity index (χ1v) is 7.86. The van der Waals surface area contributed by atoms with E-state index < -0.39 is 0 Å². The molecule has 0 unspecified atom stereocenters. The Morgan fingerprint density at radius 1 is 0.952 bits per heavy atom. The lowest BCUT2D eigenvalue weighted by atomic mass is 10.0. The molecular formula is C18H25NO2. The molecule has 1 aliphatic heterocycles. The summed E-state index contributed by atoms with van der Waals surface area (Å²) in [6.45, 7) is 11.8. The second-order valence-electron chi connectivity index (χ2n) is 5.39. The van der Waals surface area contributed by atoms with Crippen molar-refractivity contribution in [3.05, 3.63) is 29.8 Å². The van der Waals surface area contributed by atoms with Gasteiger partial charge in [0.2, 0.25) is 0 Å². The van der Waals surface area contributed by atoms with E-state index in [1.807, 2.05) is 19.1 Å². The normalized spacial score (nSPS) is 13.1. The number of rotatable bonds is 8. The van der Waals surface area contributed by atoms with Crippen molar-refractivity contribution in [3.8, 4) is 11.5 Å². The average molecular weight is 287 g/mol. The Hall–Kier alpha value is -1.77. The molecule has 0 aliphatic carbocycles. The molecule has 21 heavy (non-hydrogen) atoms. The molecule has 114 valence electrons. The molecule has 0 N–H and O–H groups in total. The zero-order valence-electron chi connectivity index (χ0n) is 13.4. The first-order chi connectivity index (χ1) is 10.2. The average Bonchev–Trinajstić information content (AvgIpc) is 2.74. The van der Waals surface area contributed by atoms with Gasteiger partial charge in [0.1, 0.15) is 0 Å². The molecule has 0 saturated carbocycles. The van der Waals surface area contributed by atoms with Gasteiger partial charge in [-0.25, -0.2) is 0 Å². The van der Waals surface area contributed by atoms with Crippen LogP contribution in [0.25, 0.3) is 5.70 Å². The maximum absolute atomic E-state index is 5.91. The summed E-state index contributed by atoms with van der Waals surface area (Å²) >= 11 is 0. The van der Waals surface area contributed by atoms with Gasteiger partial charge < -0.3 is 9.47 Å². The van der Waals surface area contributed by atoms with Crippen LogP contribution in [0, 0.1) is 0 Å². The van der Waals surface area contributed by atoms with Crippen LogP contribution < -0.4 is 9.47 Å². The monoisotopic (exact) mass is 287 g/mol. The highest BCUT2D eigenvalue weighted by Gasteiger charge is 2.20. The van der Waals surface area contributed by atoms with Gasteiger partial charge in [-0.15, -0.1) is 0 Å². The number of hydrogen-bond donors (Lipinski definition) is 0. The summed E-state index contributed by atoms with van der Waals surface area (Å²) in [6, 6.07) is 4.07. The third kappa shape index (κ3) is 3.66. The quantitative estimate of drug-likeness (QED) is 0.641. The van der Waals surface area contributed by atoms with E-state index in [4.69, 9.17) is 9.47 Å². The zero-order chi connectivity index (χ0) is 15.2. The van der Waals surface area contributed by atoms with Crippen LogP contribution in [0.4, 0.5) is 0 Å². The van der Waals surface area contributed by atoms with Crippen molar-refractivity contribution in [1.82, 2.24) is 0 Å². The molecule has 0 radical (unpaired) electrons. The van der Waals surface area contributed by atoms with Crippen LogP contribution in [-0.2, 0) is 0 Å². The van der Waals surface area contributed by atoms with Crippen LogP contribution in [-0.4, -0.2) is 18.9 Å². The van der Waals surface area contributed by atoms with Crippen molar-refractivity contribution >= 4 is 11.4 Å². The molecule has 0 saturated heterocycles. The van der Waals surface area contributed by atoms with Gasteiger partial charge in [0.15, 0.2) is 11.5 Å². The Morgan fingerprint density at radius 2 is 1.48 bits per heavy atom. The number of benzene rings is 1. The fourth-order valence-corrected chi connectivity index (χ4v) is 2.30. The lowest BCUT2D eigenvalue weighted by Gasteiger charge is -2.15. The minimum Gasteiger partial charge on any atom is -0.490 e. The SMILES string of the molecule is C=C1N=C(C)c2cc(OCCCC)c(OCCCC)cc21. The van der Waals surface area contributed by atoms with E-state index in [-0.39, 0.29) is 0 Å². The smallest absolute Gasteiger partial charge is 0.161 e. The van der Waals surface area contributed by atoms with Gasteiger partial charge in [0.05, 0.1) is 18.9 Å². The van der Waals surface area contributed by atoms with Crippen LogP contribution in [0.1, 0.15) is 57.6 Å². The standard InChI is InChI=1S/C18H25NO2/c1-5-7-9-20-17-11-15-13(3)19-14(4)16(15)12-18(17)21-10-8-6-2/h11-12H,3,5-10H2,1-2,4H3. The van der Waals surface area contributed by atoms with Crippen molar-refractivity contribution in [2.45, 2.75) is 46.5 Å². The number of aliphatic imine (C=N–C) groups is 1. The van der Waals surface area contributed by atoms with E-state index in [1.165, 1.54) is 0 Å². The van der Waals surface area contributed by atoms with E-state index in [0.717, 1.165) is 66.3 Å². The van der Waals surface area contributed by atoms with Crippen molar-refractivity contribution < 1.29 is 9.47 Å². The first kappa shape index (κ1) is 15.6. The Morgan fingerprint density at radius 3 is 2.00 bits per heavy atom. The van der Waals surface area contributed by atoms with E-state index in [1.54, 1.807) is 0 Å². The third-order valence-electron chi connectivity index (χ3n) is 3.60. The lowest BCUT2D eigenvalue weighted by Crippen LogP contribution is -2.04. The molecule has 1 aromatic rings. The van der Waals surface area contributed by atoms with E-state index in [9.17, 15) is 0 Å². The van der Waals surface area contributed by atoms with Crippen LogP contribution in [0.3, 0.4) is 0 Å². The summed E-state index contributed by atoms with van der Waals surface area (Å²) in [4.78, 5) is 4.44. The lowest BCUT2D eigenvalue weighted by molar-refractivity contribution is 0.262. The molecule has 1 aliphatic rings. The third-order valence-corrected chi connectivity index (χ3v) is 3.60. The predicted molar refractivity (Wildman–Crippen MR) is 88.5 cm³/mol. The van der Waals surface area contributed by atoms with E-state index in [0.29, 0.717) is 6.61 Å². The summed E-state index contributed by atoms with van der Waals surface area (Å²) in [7, 11) is 0. The molecule has 0 fully saturated rings. The van der Waals surface area contributed by atoms with Gasteiger partial charge in [-0.05, 0) is 31.9 Å². The topological polar surface area (TPSA) is 30.8 Å². The highest BCUT2D eigenvalue weighted by atomic mass is 16.5. The number of unbranched alkanes of at least 4 members (excludes halogenated alkanes) is 2. The Bertz CT molecular complexity index is 546.